The number of benzene rings is 1. The zero-order chi connectivity index (χ0) is 19.2. The normalized spacial score (nSPS) is 13.9. The Morgan fingerprint density at radius 1 is 1.04 bits per heavy atom. The number of carbonyl (C=O) groups excluding carboxylic acids is 1. The molecule has 1 aliphatic rings. The van der Waals surface area contributed by atoms with Crippen LogP contribution in [0.25, 0.3) is 0 Å². The number of hydrogen-bond donors (Lipinski definition) is 2. The molecule has 0 aliphatic carbocycles. The predicted octanol–water partition coefficient (Wildman–Crippen LogP) is 4.53. The van der Waals surface area contributed by atoms with Crippen LogP contribution in [0.5, 0.6) is 0 Å². The Hall–Kier alpha value is -3.28. The molecular formula is C22H24N4O2. The van der Waals surface area contributed by atoms with Crippen molar-refractivity contribution in [3.05, 3.63) is 72.3 Å². The molecule has 3 heterocycles. The van der Waals surface area contributed by atoms with Crippen molar-refractivity contribution in [3.63, 3.8) is 0 Å². The van der Waals surface area contributed by atoms with Crippen LogP contribution in [0.1, 0.15) is 35.4 Å². The third kappa shape index (κ3) is 4.52. The number of pyridine rings is 1. The van der Waals surface area contributed by atoms with Gasteiger partial charge in [-0.15, -0.1) is 0 Å². The average Bonchev–Trinajstić information content (AvgIpc) is 3.27. The Bertz CT molecular complexity index is 883. The van der Waals surface area contributed by atoms with Crippen molar-refractivity contribution in [2.24, 2.45) is 0 Å². The van der Waals surface area contributed by atoms with Gasteiger partial charge in [0.25, 0.3) is 5.91 Å². The van der Waals surface area contributed by atoms with Gasteiger partial charge in [0, 0.05) is 30.7 Å². The quantitative estimate of drug-likeness (QED) is 0.661. The number of nitrogens with one attached hydrogen (secondary N) is 2. The molecular weight excluding hydrogens is 352 g/mol. The first-order chi connectivity index (χ1) is 13.8. The molecule has 1 aromatic carbocycles. The van der Waals surface area contributed by atoms with Crippen molar-refractivity contribution in [3.8, 4) is 0 Å². The number of furan rings is 1. The summed E-state index contributed by atoms with van der Waals surface area (Å²) in [7, 11) is 0. The maximum Gasteiger partial charge on any atom is 0.257 e. The largest absolute Gasteiger partial charge is 0.467 e. The van der Waals surface area contributed by atoms with Crippen molar-refractivity contribution < 1.29 is 9.21 Å². The van der Waals surface area contributed by atoms with Gasteiger partial charge in [-0.25, -0.2) is 4.98 Å². The topological polar surface area (TPSA) is 70.4 Å². The number of hydrogen-bond acceptors (Lipinski definition) is 5. The molecule has 6 heteroatoms. The average molecular weight is 376 g/mol. The van der Waals surface area contributed by atoms with Gasteiger partial charge in [-0.05, 0) is 67.8 Å². The zero-order valence-electron chi connectivity index (χ0n) is 15.7. The van der Waals surface area contributed by atoms with E-state index in [9.17, 15) is 4.79 Å². The SMILES string of the molecule is O=C(Nc1ccc(N2CCCCC2)cc1)c1ccc(NCc2ccco2)nc1. The number of rotatable bonds is 6. The fraction of sp³-hybridized carbons (Fsp3) is 0.273. The van der Waals surface area contributed by atoms with Crippen LogP contribution in [0.4, 0.5) is 17.2 Å². The van der Waals surface area contributed by atoms with Crippen molar-refractivity contribution in [2.75, 3.05) is 28.6 Å². The molecule has 0 unspecified atom stereocenters. The maximum atomic E-state index is 12.5. The molecule has 0 saturated carbocycles. The number of nitrogens with zero attached hydrogens (tertiary/aromatic N) is 2. The molecule has 1 fully saturated rings. The van der Waals surface area contributed by atoms with Gasteiger partial charge in [0.1, 0.15) is 11.6 Å². The number of amides is 1. The summed E-state index contributed by atoms with van der Waals surface area (Å²) < 4.78 is 5.27. The molecule has 0 atom stereocenters. The monoisotopic (exact) mass is 376 g/mol. The molecule has 0 radical (unpaired) electrons. The van der Waals surface area contributed by atoms with Crippen LogP contribution < -0.4 is 15.5 Å². The number of anilines is 3. The summed E-state index contributed by atoms with van der Waals surface area (Å²) in [5, 5.41) is 6.09. The highest BCUT2D eigenvalue weighted by molar-refractivity contribution is 6.04. The second kappa shape index (κ2) is 8.61. The van der Waals surface area contributed by atoms with E-state index in [0.29, 0.717) is 17.9 Å². The third-order valence-electron chi connectivity index (χ3n) is 4.90. The third-order valence-corrected chi connectivity index (χ3v) is 4.90. The molecule has 144 valence electrons. The summed E-state index contributed by atoms with van der Waals surface area (Å²) in [4.78, 5) is 19.2. The molecule has 28 heavy (non-hydrogen) atoms. The predicted molar refractivity (Wildman–Crippen MR) is 111 cm³/mol. The first-order valence-electron chi connectivity index (χ1n) is 9.66. The number of aromatic nitrogens is 1. The van der Waals surface area contributed by atoms with E-state index in [1.165, 1.54) is 24.9 Å². The highest BCUT2D eigenvalue weighted by Crippen LogP contribution is 2.22. The van der Waals surface area contributed by atoms with E-state index in [-0.39, 0.29) is 5.91 Å². The van der Waals surface area contributed by atoms with Crippen molar-refractivity contribution in [1.29, 1.82) is 0 Å². The van der Waals surface area contributed by atoms with Gasteiger partial charge in [0.2, 0.25) is 0 Å². The van der Waals surface area contributed by atoms with E-state index in [1.807, 2.05) is 24.3 Å². The number of piperidine rings is 1. The van der Waals surface area contributed by atoms with E-state index in [2.05, 4.69) is 32.7 Å². The van der Waals surface area contributed by atoms with Crippen molar-refractivity contribution >= 4 is 23.1 Å². The smallest absolute Gasteiger partial charge is 0.257 e. The van der Waals surface area contributed by atoms with Crippen LogP contribution in [0, 0.1) is 0 Å². The van der Waals surface area contributed by atoms with E-state index in [1.54, 1.807) is 24.6 Å². The minimum absolute atomic E-state index is 0.171. The molecule has 4 rings (SSSR count). The van der Waals surface area contributed by atoms with Gasteiger partial charge >= 0.3 is 0 Å². The van der Waals surface area contributed by atoms with E-state index in [4.69, 9.17) is 4.42 Å². The van der Waals surface area contributed by atoms with E-state index in [0.717, 1.165) is 24.5 Å². The van der Waals surface area contributed by atoms with Gasteiger partial charge in [-0.2, -0.15) is 0 Å². The fourth-order valence-corrected chi connectivity index (χ4v) is 3.33. The summed E-state index contributed by atoms with van der Waals surface area (Å²) in [6, 6.07) is 15.3. The van der Waals surface area contributed by atoms with Gasteiger partial charge in [-0.3, -0.25) is 4.79 Å². The summed E-state index contributed by atoms with van der Waals surface area (Å²) in [5.41, 5.74) is 2.51. The van der Waals surface area contributed by atoms with Gasteiger partial charge in [0.15, 0.2) is 0 Å². The molecule has 3 aromatic rings. The Labute approximate surface area is 164 Å². The van der Waals surface area contributed by atoms with E-state index < -0.39 is 0 Å². The lowest BCUT2D eigenvalue weighted by atomic mass is 10.1. The maximum absolute atomic E-state index is 12.5. The van der Waals surface area contributed by atoms with Gasteiger partial charge in [0.05, 0.1) is 18.4 Å². The molecule has 0 bridgehead atoms. The Balaban J connectivity index is 1.32. The lowest BCUT2D eigenvalue weighted by molar-refractivity contribution is 0.102. The van der Waals surface area contributed by atoms with Crippen LogP contribution >= 0.6 is 0 Å². The minimum atomic E-state index is -0.171. The summed E-state index contributed by atoms with van der Waals surface area (Å²) in [5.74, 6) is 1.35. The first kappa shape index (κ1) is 18.1. The minimum Gasteiger partial charge on any atom is -0.467 e. The molecule has 1 amide bonds. The first-order valence-corrected chi connectivity index (χ1v) is 9.66. The molecule has 2 aromatic heterocycles. The fourth-order valence-electron chi connectivity index (χ4n) is 3.33. The summed E-state index contributed by atoms with van der Waals surface area (Å²) in [6.07, 6.45) is 7.02. The highest BCUT2D eigenvalue weighted by Gasteiger charge is 2.11. The van der Waals surface area contributed by atoms with Crippen molar-refractivity contribution in [2.45, 2.75) is 25.8 Å². The molecule has 2 N–H and O–H groups in total. The Morgan fingerprint density at radius 3 is 2.54 bits per heavy atom. The standard InChI is InChI=1S/C22H24N4O2/c27-22(17-6-11-21(23-15-17)24-16-20-5-4-14-28-20)25-18-7-9-19(10-8-18)26-12-2-1-3-13-26/h4-11,14-15H,1-3,12-13,16H2,(H,23,24)(H,25,27). The second-order valence-electron chi connectivity index (χ2n) is 6.91. The van der Waals surface area contributed by atoms with Gasteiger partial charge < -0.3 is 20.0 Å². The molecule has 0 spiro atoms. The lowest BCUT2D eigenvalue weighted by Gasteiger charge is -2.28. The second-order valence-corrected chi connectivity index (χ2v) is 6.91. The molecule has 1 aliphatic heterocycles. The zero-order valence-corrected chi connectivity index (χ0v) is 15.7. The Kier molecular flexibility index (Phi) is 5.56. The van der Waals surface area contributed by atoms with Gasteiger partial charge in [-0.1, -0.05) is 0 Å². The lowest BCUT2D eigenvalue weighted by Crippen LogP contribution is -2.29. The highest BCUT2D eigenvalue weighted by atomic mass is 16.3. The van der Waals surface area contributed by atoms with Crippen LogP contribution in [-0.2, 0) is 6.54 Å². The molecule has 6 nitrogen and oxygen atoms in total. The summed E-state index contributed by atoms with van der Waals surface area (Å²) >= 11 is 0. The van der Waals surface area contributed by atoms with Crippen LogP contribution in [0.2, 0.25) is 0 Å². The number of carbonyl (C=O) groups is 1. The summed E-state index contributed by atoms with van der Waals surface area (Å²) in [6.45, 7) is 2.77. The molecule has 1 saturated heterocycles. The Morgan fingerprint density at radius 2 is 1.86 bits per heavy atom. The van der Waals surface area contributed by atoms with E-state index >= 15 is 0 Å². The van der Waals surface area contributed by atoms with Crippen LogP contribution in [0.3, 0.4) is 0 Å². The van der Waals surface area contributed by atoms with Crippen molar-refractivity contribution in [1.82, 2.24) is 4.98 Å². The van der Waals surface area contributed by atoms with Crippen LogP contribution in [0.15, 0.2) is 65.4 Å². The van der Waals surface area contributed by atoms with Crippen LogP contribution in [-0.4, -0.2) is 24.0 Å².